The minimum atomic E-state index is 0.718. The van der Waals surface area contributed by atoms with Gasteiger partial charge in [0, 0.05) is 0 Å². The van der Waals surface area contributed by atoms with Gasteiger partial charge < -0.3 is 5.73 Å². The van der Waals surface area contributed by atoms with Gasteiger partial charge in [-0.05, 0) is 7.05 Å². The molecule has 0 saturated carbocycles. The third-order valence-electron chi connectivity index (χ3n) is 1.14. The van der Waals surface area contributed by atoms with Crippen LogP contribution >= 0.6 is 0 Å². The fourth-order valence-corrected chi connectivity index (χ4v) is 0.828. The minimum absolute atomic E-state index is 0.718. The summed E-state index contributed by atoms with van der Waals surface area (Å²) in [6.45, 7) is 2.39. The van der Waals surface area contributed by atoms with E-state index >= 15 is 0 Å². The Kier molecular flexibility index (Phi) is 0.821. The van der Waals surface area contributed by atoms with E-state index in [2.05, 4.69) is 17.7 Å². The summed E-state index contributed by atoms with van der Waals surface area (Å²) in [5.41, 5.74) is 3.85. The molecule has 3 N–H and O–H groups in total. The highest BCUT2D eigenvalue weighted by atomic mass is 15.2. The van der Waals surface area contributed by atoms with Gasteiger partial charge in [-0.2, -0.15) is 0 Å². The standard InChI is InChI=1S/C4H10N2/c1-6-2-4(5)3-6/h4H,2-3,5H2,1H3/p+1. The van der Waals surface area contributed by atoms with Gasteiger partial charge in [-0.3, -0.25) is 4.90 Å². The zero-order chi connectivity index (χ0) is 4.57. The number of quaternary nitrogens is 1. The SMILES string of the molecule is CN1CC([NH3+])C1. The maximum atomic E-state index is 3.85. The smallest absolute Gasteiger partial charge is 0.110 e. The average molecular weight is 87.1 g/mol. The van der Waals surface area contributed by atoms with Crippen molar-refractivity contribution < 1.29 is 5.73 Å². The van der Waals surface area contributed by atoms with Gasteiger partial charge in [-0.25, -0.2) is 0 Å². The van der Waals surface area contributed by atoms with E-state index in [1.807, 2.05) is 0 Å². The van der Waals surface area contributed by atoms with Crippen LogP contribution in [-0.2, 0) is 0 Å². The van der Waals surface area contributed by atoms with E-state index in [9.17, 15) is 0 Å². The van der Waals surface area contributed by atoms with Crippen molar-refractivity contribution in [1.82, 2.24) is 4.90 Å². The highest BCUT2D eigenvalue weighted by molar-refractivity contribution is 4.72. The Bertz CT molecular complexity index is 41.5. The van der Waals surface area contributed by atoms with E-state index in [1.54, 1.807) is 0 Å². The zero-order valence-corrected chi connectivity index (χ0v) is 4.15. The van der Waals surface area contributed by atoms with Crippen molar-refractivity contribution in [2.45, 2.75) is 6.04 Å². The van der Waals surface area contributed by atoms with Gasteiger partial charge in [0.1, 0.15) is 6.04 Å². The van der Waals surface area contributed by atoms with Crippen molar-refractivity contribution in [2.24, 2.45) is 0 Å². The molecule has 1 saturated heterocycles. The van der Waals surface area contributed by atoms with Gasteiger partial charge in [0.25, 0.3) is 0 Å². The number of rotatable bonds is 0. The molecular weight excluding hydrogens is 76.1 g/mol. The van der Waals surface area contributed by atoms with Crippen LogP contribution in [0.1, 0.15) is 0 Å². The zero-order valence-electron chi connectivity index (χ0n) is 4.15. The van der Waals surface area contributed by atoms with Gasteiger partial charge in [0.2, 0.25) is 0 Å². The summed E-state index contributed by atoms with van der Waals surface area (Å²) in [6, 6.07) is 0.718. The van der Waals surface area contributed by atoms with Gasteiger partial charge >= 0.3 is 0 Å². The molecule has 1 aliphatic heterocycles. The quantitative estimate of drug-likeness (QED) is 0.385. The predicted molar refractivity (Wildman–Crippen MR) is 24.2 cm³/mol. The number of likely N-dealkylation sites (N-methyl/N-ethyl adjacent to an activating group) is 1. The molecule has 0 atom stereocenters. The lowest BCUT2D eigenvalue weighted by Crippen LogP contribution is -2.74. The second-order valence-corrected chi connectivity index (χ2v) is 2.09. The van der Waals surface area contributed by atoms with Crippen LogP contribution in [0.3, 0.4) is 0 Å². The summed E-state index contributed by atoms with van der Waals surface area (Å²) in [5, 5.41) is 0. The Morgan fingerprint density at radius 1 is 1.67 bits per heavy atom. The van der Waals surface area contributed by atoms with Crippen LogP contribution < -0.4 is 5.73 Å². The van der Waals surface area contributed by atoms with Crippen molar-refractivity contribution in [3.05, 3.63) is 0 Å². The summed E-state index contributed by atoms with van der Waals surface area (Å²) in [7, 11) is 2.11. The summed E-state index contributed by atoms with van der Waals surface area (Å²) in [5.74, 6) is 0. The number of hydrogen-bond donors (Lipinski definition) is 1. The van der Waals surface area contributed by atoms with E-state index in [1.165, 1.54) is 13.1 Å². The topological polar surface area (TPSA) is 30.9 Å². The maximum Gasteiger partial charge on any atom is 0.110 e. The number of likely N-dealkylation sites (tertiary alicyclic amines) is 1. The summed E-state index contributed by atoms with van der Waals surface area (Å²) < 4.78 is 0. The number of hydrogen-bond acceptors (Lipinski definition) is 1. The maximum absolute atomic E-state index is 3.85. The third-order valence-corrected chi connectivity index (χ3v) is 1.14. The predicted octanol–water partition coefficient (Wildman–Crippen LogP) is -1.46. The Labute approximate surface area is 37.9 Å². The molecule has 0 aliphatic carbocycles. The molecule has 0 aromatic rings. The van der Waals surface area contributed by atoms with Crippen LogP contribution in [0, 0.1) is 0 Å². The molecule has 0 aromatic carbocycles. The van der Waals surface area contributed by atoms with Gasteiger partial charge in [0.05, 0.1) is 13.1 Å². The molecule has 0 spiro atoms. The first-order valence-corrected chi connectivity index (χ1v) is 2.30. The summed E-state index contributed by atoms with van der Waals surface area (Å²) >= 11 is 0. The highest BCUT2D eigenvalue weighted by Crippen LogP contribution is 1.96. The van der Waals surface area contributed by atoms with E-state index < -0.39 is 0 Å². The molecule has 1 fully saturated rings. The normalized spacial score (nSPS) is 27.0. The molecule has 0 bridgehead atoms. The second kappa shape index (κ2) is 1.21. The molecule has 2 heteroatoms. The minimum Gasteiger partial charge on any atom is -0.353 e. The van der Waals surface area contributed by atoms with E-state index in [-0.39, 0.29) is 0 Å². The molecular formula is C4H11N2+. The fraction of sp³-hybridized carbons (Fsp3) is 1.00. The first-order valence-electron chi connectivity index (χ1n) is 2.30. The van der Waals surface area contributed by atoms with E-state index in [0.717, 1.165) is 6.04 Å². The van der Waals surface area contributed by atoms with Crippen LogP contribution in [0.4, 0.5) is 0 Å². The van der Waals surface area contributed by atoms with Gasteiger partial charge in [0.15, 0.2) is 0 Å². The monoisotopic (exact) mass is 87.1 g/mol. The van der Waals surface area contributed by atoms with Crippen molar-refractivity contribution in [3.63, 3.8) is 0 Å². The van der Waals surface area contributed by atoms with Crippen molar-refractivity contribution in [2.75, 3.05) is 20.1 Å². The molecule has 0 unspecified atom stereocenters. The van der Waals surface area contributed by atoms with Gasteiger partial charge in [-0.15, -0.1) is 0 Å². The molecule has 36 valence electrons. The molecule has 0 radical (unpaired) electrons. The Morgan fingerprint density at radius 3 is 2.17 bits per heavy atom. The van der Waals surface area contributed by atoms with Crippen LogP contribution in [0.25, 0.3) is 0 Å². The van der Waals surface area contributed by atoms with Crippen LogP contribution in [0.2, 0.25) is 0 Å². The van der Waals surface area contributed by atoms with Gasteiger partial charge in [-0.1, -0.05) is 0 Å². The Balaban J connectivity index is 2.11. The van der Waals surface area contributed by atoms with Crippen LogP contribution in [0.15, 0.2) is 0 Å². The fourth-order valence-electron chi connectivity index (χ4n) is 0.828. The molecule has 1 heterocycles. The van der Waals surface area contributed by atoms with E-state index in [0.29, 0.717) is 0 Å². The molecule has 0 aromatic heterocycles. The summed E-state index contributed by atoms with van der Waals surface area (Å²) in [4.78, 5) is 2.26. The largest absolute Gasteiger partial charge is 0.353 e. The Morgan fingerprint density at radius 2 is 2.17 bits per heavy atom. The molecule has 6 heavy (non-hydrogen) atoms. The Hall–Kier alpha value is -0.0800. The first kappa shape index (κ1) is 4.09. The lowest BCUT2D eigenvalue weighted by molar-refractivity contribution is -0.442. The van der Waals surface area contributed by atoms with Crippen molar-refractivity contribution in [3.8, 4) is 0 Å². The highest BCUT2D eigenvalue weighted by Gasteiger charge is 2.21. The van der Waals surface area contributed by atoms with Crippen LogP contribution in [-0.4, -0.2) is 31.1 Å². The first-order chi connectivity index (χ1) is 2.79. The molecule has 2 nitrogen and oxygen atoms in total. The third kappa shape index (κ3) is 0.533. The van der Waals surface area contributed by atoms with E-state index in [4.69, 9.17) is 0 Å². The lowest BCUT2D eigenvalue weighted by Gasteiger charge is -2.29. The summed E-state index contributed by atoms with van der Waals surface area (Å²) in [6.07, 6.45) is 0. The lowest BCUT2D eigenvalue weighted by atomic mass is 10.2. The number of nitrogens with zero attached hydrogens (tertiary/aromatic N) is 1. The average Bonchev–Trinajstić information content (AvgIpc) is 1.33. The molecule has 1 rings (SSSR count). The van der Waals surface area contributed by atoms with Crippen molar-refractivity contribution >= 4 is 0 Å². The van der Waals surface area contributed by atoms with Crippen molar-refractivity contribution in [1.29, 1.82) is 0 Å². The molecule has 0 amide bonds. The second-order valence-electron chi connectivity index (χ2n) is 2.09. The van der Waals surface area contributed by atoms with Crippen LogP contribution in [0.5, 0.6) is 0 Å². The molecule has 1 aliphatic rings.